The van der Waals surface area contributed by atoms with E-state index in [9.17, 15) is 19.2 Å². The summed E-state index contributed by atoms with van der Waals surface area (Å²) in [7, 11) is 1.76. The Kier molecular flexibility index (Phi) is 12.2. The van der Waals surface area contributed by atoms with E-state index in [1.165, 1.54) is 6.33 Å². The minimum atomic E-state index is -0.601. The van der Waals surface area contributed by atoms with Gasteiger partial charge < -0.3 is 25.2 Å². The molecule has 15 nitrogen and oxygen atoms in total. The second kappa shape index (κ2) is 17.7. The first-order valence-corrected chi connectivity index (χ1v) is 22.0. The quantitative estimate of drug-likeness (QED) is 0.0907. The van der Waals surface area contributed by atoms with Crippen molar-refractivity contribution in [3.63, 3.8) is 0 Å². The van der Waals surface area contributed by atoms with E-state index in [-0.39, 0.29) is 42.0 Å². The molecule has 1 aliphatic carbocycles. The number of hydrogen-bond acceptors (Lipinski definition) is 11. The van der Waals surface area contributed by atoms with Gasteiger partial charge in [0.1, 0.15) is 29.6 Å². The van der Waals surface area contributed by atoms with Gasteiger partial charge in [-0.3, -0.25) is 29.4 Å². The fourth-order valence-electron chi connectivity index (χ4n) is 9.64. The fraction of sp³-hybridized carbons (Fsp3) is 0.578. The number of nitrogens with zero attached hydrogens (tertiary/aromatic N) is 8. The maximum Gasteiger partial charge on any atom is 0.255 e. The number of rotatable bonds is 15. The summed E-state index contributed by atoms with van der Waals surface area (Å²) >= 11 is 0. The number of carbonyl (C=O) groups is 4. The molecule has 320 valence electrons. The minimum Gasteiger partial charge on any atom is -0.500 e. The number of unbranched alkanes of at least 4 members (excludes halogenated alkanes) is 3. The number of nitrogens with one attached hydrogen (secondary N) is 1. The van der Waals surface area contributed by atoms with Gasteiger partial charge in [0, 0.05) is 93.0 Å². The first kappa shape index (κ1) is 41.4. The van der Waals surface area contributed by atoms with Crippen molar-refractivity contribution in [1.29, 1.82) is 0 Å². The Morgan fingerprint density at radius 1 is 0.950 bits per heavy atom. The number of allylic oxidation sites excluding steroid dienone is 3. The Morgan fingerprint density at radius 3 is 2.40 bits per heavy atom. The highest BCUT2D eigenvalue weighted by Crippen LogP contribution is 2.46. The zero-order chi connectivity index (χ0) is 42.1. The van der Waals surface area contributed by atoms with E-state index in [1.54, 1.807) is 12.0 Å². The number of carbonyl (C=O) groups excluding carboxylic acids is 4. The number of piperidine rings is 2. The number of benzene rings is 1. The van der Waals surface area contributed by atoms with E-state index in [0.29, 0.717) is 61.1 Å². The highest BCUT2D eigenvalue weighted by atomic mass is 16.5. The van der Waals surface area contributed by atoms with Crippen LogP contribution in [0.4, 0.5) is 11.5 Å². The topological polar surface area (TPSA) is 172 Å². The maximum absolute atomic E-state index is 13.4. The first-order chi connectivity index (χ1) is 29.0. The van der Waals surface area contributed by atoms with Crippen molar-refractivity contribution in [2.24, 2.45) is 11.8 Å². The van der Waals surface area contributed by atoms with Gasteiger partial charge in [-0.05, 0) is 89.0 Å². The summed E-state index contributed by atoms with van der Waals surface area (Å²) in [6.07, 6.45) is 10.7. The summed E-state index contributed by atoms with van der Waals surface area (Å²) in [4.78, 5) is 68.1. The molecule has 1 saturated carbocycles. The minimum absolute atomic E-state index is 0.0838. The van der Waals surface area contributed by atoms with Crippen LogP contribution in [0.5, 0.6) is 0 Å². The van der Waals surface area contributed by atoms with Gasteiger partial charge in [0.2, 0.25) is 17.7 Å². The number of amides is 4. The number of imide groups is 1. The van der Waals surface area contributed by atoms with Crippen LogP contribution in [0.1, 0.15) is 112 Å². The van der Waals surface area contributed by atoms with Crippen molar-refractivity contribution in [2.45, 2.75) is 103 Å². The highest BCUT2D eigenvalue weighted by molar-refractivity contribution is 6.05. The van der Waals surface area contributed by atoms with Crippen LogP contribution in [0.3, 0.4) is 0 Å². The second-order valence-corrected chi connectivity index (χ2v) is 17.5. The van der Waals surface area contributed by atoms with Gasteiger partial charge in [-0.15, -0.1) is 0 Å². The van der Waals surface area contributed by atoms with Crippen LogP contribution in [-0.4, -0.2) is 117 Å². The van der Waals surface area contributed by atoms with Crippen LogP contribution in [0, 0.1) is 11.8 Å². The number of aromatic nitrogens is 4. The molecule has 60 heavy (non-hydrogen) atoms. The zero-order valence-corrected chi connectivity index (χ0v) is 35.5. The molecule has 1 aromatic carbocycles. The summed E-state index contributed by atoms with van der Waals surface area (Å²) < 4.78 is 7.99. The lowest BCUT2D eigenvalue weighted by Gasteiger charge is -2.36. The summed E-state index contributed by atoms with van der Waals surface area (Å²) in [5.74, 6) is 1.40. The average Bonchev–Trinajstić information content (AvgIpc) is 3.93. The monoisotopic (exact) mass is 820 g/mol. The van der Waals surface area contributed by atoms with E-state index in [2.05, 4.69) is 51.6 Å². The second-order valence-electron chi connectivity index (χ2n) is 17.5. The zero-order valence-electron chi connectivity index (χ0n) is 35.5. The molecule has 0 spiro atoms. The number of anilines is 2. The normalized spacial score (nSPS) is 20.8. The van der Waals surface area contributed by atoms with E-state index in [4.69, 9.17) is 15.6 Å². The predicted molar refractivity (Wildman–Crippen MR) is 229 cm³/mol. The van der Waals surface area contributed by atoms with Crippen LogP contribution in [0.25, 0.3) is 16.6 Å². The third-order valence-corrected chi connectivity index (χ3v) is 13.2. The summed E-state index contributed by atoms with van der Waals surface area (Å²) in [6, 6.07) is 5.54. The summed E-state index contributed by atoms with van der Waals surface area (Å²) in [6.45, 7) is 15.3. The summed E-state index contributed by atoms with van der Waals surface area (Å²) in [5, 5.41) is 8.08. The standard InChI is InChI=1S/C45H60N10O5/c1-28(2)55-43-39(42(46)47-27-48-43)40(50-55)29(3)38(41(60-4)31-10-11-31)30-16-19-53(20-17-30)37(57)9-7-5-6-8-18-51-21-23-52(24-22-51)33-13-12-32-26-54(45(59)34(32)25-33)35-14-15-36(56)49-44(35)58/h12-13,25,27-28,30-31,35H,3,5-11,14-24,26H2,1-2,4H3,(H2,46,47,48)(H,49,56,58)/b41-38+. The number of hydrogen-bond donors (Lipinski definition) is 2. The maximum atomic E-state index is 13.4. The van der Waals surface area contributed by atoms with Gasteiger partial charge in [-0.1, -0.05) is 25.5 Å². The van der Waals surface area contributed by atoms with Crippen LogP contribution in [-0.2, 0) is 25.7 Å². The largest absolute Gasteiger partial charge is 0.500 e. The van der Waals surface area contributed by atoms with Crippen molar-refractivity contribution in [1.82, 2.24) is 39.8 Å². The van der Waals surface area contributed by atoms with E-state index in [0.717, 1.165) is 118 Å². The molecule has 5 aliphatic rings. The molecule has 1 atom stereocenters. The van der Waals surface area contributed by atoms with Crippen molar-refractivity contribution >= 4 is 51.7 Å². The van der Waals surface area contributed by atoms with Gasteiger partial charge in [0.15, 0.2) is 5.65 Å². The van der Waals surface area contributed by atoms with Gasteiger partial charge in [-0.2, -0.15) is 5.10 Å². The third-order valence-electron chi connectivity index (χ3n) is 13.2. The number of fused-ring (bicyclic) bond motifs is 2. The lowest BCUT2D eigenvalue weighted by atomic mass is 9.82. The highest BCUT2D eigenvalue weighted by Gasteiger charge is 2.40. The molecular formula is C45H60N10O5. The Bertz CT molecular complexity index is 2180. The van der Waals surface area contributed by atoms with Crippen molar-refractivity contribution in [3.8, 4) is 0 Å². The molecule has 1 unspecified atom stereocenters. The Labute approximate surface area is 352 Å². The number of methoxy groups -OCH3 is 1. The van der Waals surface area contributed by atoms with Crippen molar-refractivity contribution in [3.05, 3.63) is 59.3 Å². The number of nitrogens with two attached hydrogens (primary N) is 1. The smallest absolute Gasteiger partial charge is 0.255 e. The number of likely N-dealkylation sites (tertiary alicyclic amines) is 1. The number of ether oxygens (including phenoxy) is 1. The molecule has 4 fully saturated rings. The molecule has 2 aromatic heterocycles. The predicted octanol–water partition coefficient (Wildman–Crippen LogP) is 5.09. The number of piperazine rings is 1. The van der Waals surface area contributed by atoms with E-state index in [1.807, 2.05) is 21.7 Å². The Hall–Kier alpha value is -5.31. The lowest BCUT2D eigenvalue weighted by Crippen LogP contribution is -2.52. The molecule has 4 amide bonds. The molecule has 15 heteroatoms. The molecule has 0 bridgehead atoms. The van der Waals surface area contributed by atoms with Gasteiger partial charge >= 0.3 is 0 Å². The van der Waals surface area contributed by atoms with Crippen LogP contribution < -0.4 is 16.0 Å². The lowest BCUT2D eigenvalue weighted by molar-refractivity contribution is -0.137. The summed E-state index contributed by atoms with van der Waals surface area (Å²) in [5.41, 5.74) is 12.4. The molecule has 3 saturated heterocycles. The Balaban J connectivity index is 0.763. The van der Waals surface area contributed by atoms with Crippen LogP contribution in [0.15, 0.2) is 42.4 Å². The van der Waals surface area contributed by atoms with E-state index < -0.39 is 6.04 Å². The fourth-order valence-corrected chi connectivity index (χ4v) is 9.64. The van der Waals surface area contributed by atoms with Crippen molar-refractivity contribution in [2.75, 3.05) is 63.6 Å². The SMILES string of the molecule is C=C(/C(=C(\OC)C1CC1)C1CCN(C(=O)CCCCCCN2CCN(c3ccc4c(c3)C(=O)N(C3CCC(=O)NC3=O)C4)CC2)CC1)c1nn(C(C)C)c2ncnc(N)c12. The molecular weight excluding hydrogens is 761 g/mol. The average molecular weight is 821 g/mol. The molecule has 4 aliphatic heterocycles. The van der Waals surface area contributed by atoms with Gasteiger partial charge in [-0.25, -0.2) is 14.6 Å². The van der Waals surface area contributed by atoms with Gasteiger partial charge in [0.25, 0.3) is 5.91 Å². The molecule has 3 N–H and O–H groups in total. The number of nitrogen functional groups attached to an aromatic ring is 1. The van der Waals surface area contributed by atoms with Crippen LogP contribution >= 0.6 is 0 Å². The molecule has 8 rings (SSSR count). The molecule has 6 heterocycles. The van der Waals surface area contributed by atoms with Crippen molar-refractivity contribution < 1.29 is 23.9 Å². The Morgan fingerprint density at radius 2 is 1.70 bits per heavy atom. The molecule has 3 aromatic rings. The first-order valence-electron chi connectivity index (χ1n) is 22.0. The molecule has 0 radical (unpaired) electrons. The van der Waals surface area contributed by atoms with Gasteiger partial charge in [0.05, 0.1) is 12.5 Å². The third kappa shape index (κ3) is 8.50. The van der Waals surface area contributed by atoms with E-state index >= 15 is 0 Å². The van der Waals surface area contributed by atoms with Crippen LogP contribution in [0.2, 0.25) is 0 Å².